The Bertz CT molecular complexity index is 906. The number of benzene rings is 2. The van der Waals surface area contributed by atoms with E-state index in [0.717, 1.165) is 0 Å². The topological polar surface area (TPSA) is 6.02 Å². The van der Waals surface area contributed by atoms with Gasteiger partial charge in [0.25, 0.3) is 0 Å². The van der Waals surface area contributed by atoms with E-state index in [1.54, 1.807) is 34.3 Å². The second-order valence-electron chi connectivity index (χ2n) is 7.57. The third kappa shape index (κ3) is 10.2. The Balaban J connectivity index is 0.00000210. The predicted octanol–water partition coefficient (Wildman–Crippen LogP) is -5.31. The fourth-order valence-electron chi connectivity index (χ4n) is 3.22. The van der Waals surface area contributed by atoms with Crippen molar-refractivity contribution in [2.75, 3.05) is 17.7 Å². The van der Waals surface area contributed by atoms with Crippen molar-refractivity contribution in [3.05, 3.63) is 63.1 Å². The van der Waals surface area contributed by atoms with Gasteiger partial charge in [-0.3, -0.25) is 0 Å². The molecular formula is C27H36AuClI4N2-2. The van der Waals surface area contributed by atoms with Crippen molar-refractivity contribution < 1.29 is 114 Å². The Kier molecular flexibility index (Phi) is 18.3. The van der Waals surface area contributed by atoms with E-state index in [0.29, 0.717) is 0 Å². The number of para-hydroxylation sites is 2. The van der Waals surface area contributed by atoms with Crippen LogP contribution in [0.5, 0.6) is 0 Å². The third-order valence-electron chi connectivity index (χ3n) is 4.65. The van der Waals surface area contributed by atoms with Crippen LogP contribution in [-0.2, 0) is 20.0 Å². The molecule has 0 amide bonds. The average Bonchev–Trinajstić information content (AvgIpc) is 3.38. The number of nitrogens with zero attached hydrogens (tertiary/aromatic N) is 2. The van der Waals surface area contributed by atoms with Crippen LogP contribution in [0.15, 0.2) is 48.8 Å². The Morgan fingerprint density at radius 3 is 1.14 bits per heavy atom. The molecule has 0 aliphatic carbocycles. The second kappa shape index (κ2) is 19.6. The summed E-state index contributed by atoms with van der Waals surface area (Å²) in [4.78, 5) is 0. The first-order valence-electron chi connectivity index (χ1n) is 12.0. The summed E-state index contributed by atoms with van der Waals surface area (Å²) in [6.45, 7) is 9.28. The van der Waals surface area contributed by atoms with Crippen molar-refractivity contribution in [1.82, 2.24) is 0 Å². The molecule has 0 N–H and O–H groups in total. The van der Waals surface area contributed by atoms with Gasteiger partial charge in [-0.2, -0.15) is 0 Å². The van der Waals surface area contributed by atoms with Gasteiger partial charge < -0.3 is 0 Å². The Hall–Kier alpha value is 1.51. The molecule has 8 heteroatoms. The number of rotatable bonds is 14. The molecule has 2 aromatic carbocycles. The number of hydrogen-bond acceptors (Lipinski definition) is 0. The maximum absolute atomic E-state index is 4.58. The van der Waals surface area contributed by atoms with Gasteiger partial charge in [0.05, 0.1) is 0 Å². The van der Waals surface area contributed by atoms with Crippen molar-refractivity contribution in [2.24, 2.45) is 0 Å². The molecule has 0 fully saturated rings. The van der Waals surface area contributed by atoms with E-state index in [4.69, 9.17) is 0 Å². The van der Waals surface area contributed by atoms with Crippen molar-refractivity contribution in [1.29, 1.82) is 0 Å². The van der Waals surface area contributed by atoms with Crippen LogP contribution >= 0.6 is 9.19 Å². The molecule has 0 bridgehead atoms. The molecule has 0 atom stereocenters. The Morgan fingerprint density at radius 1 is 0.600 bits per heavy atom. The molecule has 3 rings (SSSR count). The Morgan fingerprint density at radius 2 is 0.886 bits per heavy atom. The van der Waals surface area contributed by atoms with E-state index in [1.165, 1.54) is 54.8 Å². The molecule has 35 heavy (non-hydrogen) atoms. The average molecular weight is 1130 g/mol. The minimum absolute atomic E-state index is 0.0494. The molecule has 1 aliphatic rings. The summed E-state index contributed by atoms with van der Waals surface area (Å²) in [6, 6.07) is 18.0. The van der Waals surface area contributed by atoms with Gasteiger partial charge in [-0.25, -0.2) is 0 Å². The molecule has 2 aromatic rings. The number of hydrogen-bond donors (Lipinski definition) is 0. The van der Waals surface area contributed by atoms with Gasteiger partial charge in [-0.05, 0) is 0 Å². The molecule has 0 saturated heterocycles. The molecule has 1 aliphatic heterocycles. The van der Waals surface area contributed by atoms with Gasteiger partial charge in [0, 0.05) is 0 Å². The molecule has 0 aromatic heterocycles. The van der Waals surface area contributed by atoms with Gasteiger partial charge >= 0.3 is 275 Å². The number of halogens is 5. The van der Waals surface area contributed by atoms with E-state index < -0.39 is 0 Å². The molecule has 0 spiro atoms. The normalized spacial score (nSPS) is 12.8. The van der Waals surface area contributed by atoms with Crippen LogP contribution in [0.4, 0.5) is 11.4 Å². The summed E-state index contributed by atoms with van der Waals surface area (Å²) >= 11 is 1.95. The van der Waals surface area contributed by atoms with Crippen molar-refractivity contribution in [3.8, 4) is 0 Å². The van der Waals surface area contributed by atoms with Crippen LogP contribution in [0, 0.1) is 14.3 Å². The molecule has 0 saturated carbocycles. The first-order valence-corrected chi connectivity index (χ1v) is 25.1. The maximum atomic E-state index is 4.58. The van der Waals surface area contributed by atoms with Gasteiger partial charge in [0.2, 0.25) is 0 Å². The van der Waals surface area contributed by atoms with E-state index in [2.05, 4.69) is 101 Å². The summed E-state index contributed by atoms with van der Waals surface area (Å²) < 4.78 is 16.6. The summed E-state index contributed by atoms with van der Waals surface area (Å²) in [5.41, 5.74) is 2.95. The summed E-state index contributed by atoms with van der Waals surface area (Å²) in [5, 5.41) is 0. The fourth-order valence-corrected chi connectivity index (χ4v) is 14.2. The van der Waals surface area contributed by atoms with E-state index in [-0.39, 0.29) is 84.8 Å². The third-order valence-corrected chi connectivity index (χ3v) is 17.9. The standard InChI is InChI=1S/C27H36I4N2.Au.ClH/c1-5-15-28-22-11-9-12-23(29-16-6-2)26(22)32-19-20-33(21-32)27-24(30-17-7-3)13-10-14-25(27)31-18-8-4;;/h9-14,19-20H,5-8,15-18H2,1-4H3;;1H/q-2;+1;/p-1. The molecule has 0 unspecified atom stereocenters. The molecule has 0 radical (unpaired) electrons. The van der Waals surface area contributed by atoms with Crippen LogP contribution in [0.1, 0.15) is 53.4 Å². The molecule has 2 nitrogen and oxygen atoms in total. The zero-order valence-electron chi connectivity index (χ0n) is 20.9. The predicted molar refractivity (Wildman–Crippen MR) is 128 cm³/mol. The summed E-state index contributed by atoms with van der Waals surface area (Å²) in [7, 11) is 4.58. The first-order chi connectivity index (χ1) is 17.2. The first kappa shape index (κ1) is 32.7. The molecule has 1 heterocycles. The zero-order chi connectivity index (χ0) is 25.5. The Labute approximate surface area is 270 Å². The van der Waals surface area contributed by atoms with Gasteiger partial charge in [-0.1, -0.05) is 0 Å². The van der Waals surface area contributed by atoms with Gasteiger partial charge in [0.1, 0.15) is 0 Å². The van der Waals surface area contributed by atoms with E-state index >= 15 is 0 Å². The van der Waals surface area contributed by atoms with Crippen LogP contribution in [0.2, 0.25) is 0 Å². The van der Waals surface area contributed by atoms with Crippen LogP contribution in [-0.4, -0.2) is 32.9 Å². The summed E-state index contributed by atoms with van der Waals surface area (Å²) in [6.07, 6.45) is 9.71. The summed E-state index contributed by atoms with van der Waals surface area (Å²) in [5.74, 6) is 0. The van der Waals surface area contributed by atoms with Crippen LogP contribution in [0.25, 0.3) is 0 Å². The zero-order valence-corrected chi connectivity index (χ0v) is 32.4. The van der Waals surface area contributed by atoms with Crippen molar-refractivity contribution in [2.45, 2.75) is 53.4 Å². The SMILES string of the molecule is CCC[I-]c1cccc([I-]CCC)c1[N+]1=C=[N+](c2c([I-]CCC)cccc2[I-]CCC)C=C1.[Cl][Au]. The molecular weight excluding hydrogens is 1090 g/mol. The van der Waals surface area contributed by atoms with Gasteiger partial charge in [-0.15, -0.1) is 0 Å². The van der Waals surface area contributed by atoms with E-state index in [1.807, 2.05) is 0 Å². The minimum atomic E-state index is 0.0494. The van der Waals surface area contributed by atoms with Crippen molar-refractivity contribution in [3.63, 3.8) is 0 Å². The second-order valence-corrected chi connectivity index (χ2v) is 19.6. The quantitative estimate of drug-likeness (QED) is 0.0774. The van der Waals surface area contributed by atoms with Crippen LogP contribution in [0.3, 0.4) is 0 Å². The number of alkyl halides is 4. The van der Waals surface area contributed by atoms with E-state index in [9.17, 15) is 0 Å². The monoisotopic (exact) mass is 1130 g/mol. The van der Waals surface area contributed by atoms with Gasteiger partial charge in [0.15, 0.2) is 0 Å². The van der Waals surface area contributed by atoms with Crippen LogP contribution < -0.4 is 84.8 Å². The fraction of sp³-hybridized carbons (Fsp3) is 0.444. The van der Waals surface area contributed by atoms with Crippen molar-refractivity contribution >= 4 is 26.6 Å². The molecule has 202 valence electrons.